The van der Waals surface area contributed by atoms with Crippen LogP contribution in [0, 0.1) is 23.3 Å². The predicted octanol–water partition coefficient (Wildman–Crippen LogP) is 2.75. The smallest absolute Gasteiger partial charge is 0.332 e. The zero-order valence-corrected chi connectivity index (χ0v) is 10.5. The molecule has 2 N–H and O–H groups in total. The van der Waals surface area contributed by atoms with Crippen LogP contribution in [0.25, 0.3) is 0 Å². The number of hydrogen-bond acceptors (Lipinski definition) is 2. The summed E-state index contributed by atoms with van der Waals surface area (Å²) in [6, 6.07) is 0.0924. The number of anilines is 1. The van der Waals surface area contributed by atoms with E-state index in [0.717, 1.165) is 0 Å². The summed E-state index contributed by atoms with van der Waals surface area (Å²) in [4.78, 5) is 22.8. The zero-order valence-electron chi connectivity index (χ0n) is 10.5. The fourth-order valence-corrected chi connectivity index (χ4v) is 2.10. The molecule has 21 heavy (non-hydrogen) atoms. The fraction of sp³-hybridized carbons (Fsp3) is 0.231. The van der Waals surface area contributed by atoms with Crippen molar-refractivity contribution >= 4 is 17.6 Å². The maximum atomic E-state index is 13.4. The zero-order chi connectivity index (χ0) is 15.7. The van der Waals surface area contributed by atoms with Gasteiger partial charge in [0.25, 0.3) is 5.91 Å². The minimum absolute atomic E-state index is 0.0924. The van der Waals surface area contributed by atoms with E-state index < -0.39 is 40.8 Å². The summed E-state index contributed by atoms with van der Waals surface area (Å²) in [6.07, 6.45) is 0.689. The van der Waals surface area contributed by atoms with Crippen LogP contribution in [0.15, 0.2) is 17.2 Å². The van der Waals surface area contributed by atoms with Gasteiger partial charge in [-0.2, -0.15) is 0 Å². The lowest BCUT2D eigenvalue weighted by atomic mass is 10.1. The van der Waals surface area contributed by atoms with Gasteiger partial charge in [0.15, 0.2) is 23.3 Å². The van der Waals surface area contributed by atoms with Crippen molar-refractivity contribution in [2.75, 3.05) is 5.32 Å². The molecular weight excluding hydrogens is 294 g/mol. The first-order valence-corrected chi connectivity index (χ1v) is 5.92. The molecular formula is C13H9F4NO3. The van der Waals surface area contributed by atoms with Crippen molar-refractivity contribution in [3.05, 3.63) is 40.5 Å². The number of carbonyl (C=O) groups excluding carboxylic acids is 1. The lowest BCUT2D eigenvalue weighted by Crippen LogP contribution is -2.19. The van der Waals surface area contributed by atoms with E-state index in [0.29, 0.717) is 6.42 Å². The number of rotatable bonds is 3. The standard InChI is InChI=1S/C13H9F4NO3/c14-7-4-8(15)11(10(17)9(7)16)18-12(19)5-2-1-3-6(5)13(20)21/h4H,1-3H2,(H,18,19)(H,20,21). The largest absolute Gasteiger partial charge is 0.478 e. The average molecular weight is 303 g/mol. The summed E-state index contributed by atoms with van der Waals surface area (Å²) >= 11 is 0. The summed E-state index contributed by atoms with van der Waals surface area (Å²) in [5.74, 6) is -9.37. The first kappa shape index (κ1) is 15.0. The van der Waals surface area contributed by atoms with Crippen molar-refractivity contribution in [2.45, 2.75) is 19.3 Å². The molecule has 1 aromatic rings. The van der Waals surface area contributed by atoms with E-state index >= 15 is 0 Å². The van der Waals surface area contributed by atoms with E-state index in [2.05, 4.69) is 0 Å². The molecule has 1 aliphatic carbocycles. The van der Waals surface area contributed by atoms with Crippen LogP contribution < -0.4 is 5.32 Å². The van der Waals surface area contributed by atoms with Gasteiger partial charge in [0.1, 0.15) is 5.69 Å². The molecule has 0 saturated heterocycles. The molecule has 4 nitrogen and oxygen atoms in total. The number of hydrogen-bond donors (Lipinski definition) is 2. The third-order valence-corrected chi connectivity index (χ3v) is 3.10. The molecule has 2 rings (SSSR count). The lowest BCUT2D eigenvalue weighted by molar-refractivity contribution is -0.133. The highest BCUT2D eigenvalue weighted by Crippen LogP contribution is 2.29. The molecule has 0 heterocycles. The Morgan fingerprint density at radius 2 is 1.62 bits per heavy atom. The van der Waals surface area contributed by atoms with Gasteiger partial charge in [-0.25, -0.2) is 22.4 Å². The van der Waals surface area contributed by atoms with Gasteiger partial charge in [0.05, 0.1) is 0 Å². The molecule has 0 aliphatic heterocycles. The van der Waals surface area contributed by atoms with Crippen LogP contribution in [0.5, 0.6) is 0 Å². The van der Waals surface area contributed by atoms with Crippen LogP contribution in [-0.4, -0.2) is 17.0 Å². The van der Waals surface area contributed by atoms with Crippen LogP contribution >= 0.6 is 0 Å². The molecule has 0 atom stereocenters. The Kier molecular flexibility index (Phi) is 3.97. The number of amides is 1. The Labute approximate surface area is 116 Å². The Bertz CT molecular complexity index is 670. The third-order valence-electron chi connectivity index (χ3n) is 3.10. The minimum Gasteiger partial charge on any atom is -0.478 e. The van der Waals surface area contributed by atoms with Gasteiger partial charge in [-0.3, -0.25) is 4.79 Å². The number of halogens is 4. The highest BCUT2D eigenvalue weighted by molar-refractivity contribution is 6.09. The van der Waals surface area contributed by atoms with Crippen LogP contribution in [0.1, 0.15) is 19.3 Å². The molecule has 0 aromatic heterocycles. The third kappa shape index (κ3) is 2.74. The molecule has 0 bridgehead atoms. The molecule has 0 saturated carbocycles. The van der Waals surface area contributed by atoms with Gasteiger partial charge >= 0.3 is 5.97 Å². The number of carboxylic acids is 1. The Hall–Kier alpha value is -2.38. The van der Waals surface area contributed by atoms with Crippen molar-refractivity contribution in [1.29, 1.82) is 0 Å². The average Bonchev–Trinajstić information content (AvgIpc) is 2.90. The topological polar surface area (TPSA) is 66.4 Å². The van der Waals surface area contributed by atoms with Gasteiger partial charge in [0.2, 0.25) is 0 Å². The van der Waals surface area contributed by atoms with Crippen molar-refractivity contribution in [2.24, 2.45) is 0 Å². The number of carbonyl (C=O) groups is 2. The van der Waals surface area contributed by atoms with Crippen LogP contribution in [0.4, 0.5) is 23.2 Å². The number of aliphatic carboxylic acids is 1. The summed E-state index contributed by atoms with van der Waals surface area (Å²) < 4.78 is 52.6. The second kappa shape index (κ2) is 5.55. The monoisotopic (exact) mass is 303 g/mol. The second-order valence-corrected chi connectivity index (χ2v) is 4.41. The minimum atomic E-state index is -1.93. The molecule has 0 fully saturated rings. The van der Waals surface area contributed by atoms with Crippen molar-refractivity contribution < 1.29 is 32.3 Å². The SMILES string of the molecule is O=C(O)C1=C(C(=O)Nc2c(F)cc(F)c(F)c2F)CCC1. The molecule has 112 valence electrons. The van der Waals surface area contributed by atoms with E-state index in [1.165, 1.54) is 0 Å². The van der Waals surface area contributed by atoms with Gasteiger partial charge in [0, 0.05) is 17.2 Å². The lowest BCUT2D eigenvalue weighted by Gasteiger charge is -2.10. The van der Waals surface area contributed by atoms with Gasteiger partial charge in [-0.05, 0) is 19.3 Å². The number of nitrogens with one attached hydrogen (secondary N) is 1. The Morgan fingerprint density at radius 3 is 2.24 bits per heavy atom. The highest BCUT2D eigenvalue weighted by Gasteiger charge is 2.27. The number of benzene rings is 1. The molecule has 1 aliphatic rings. The highest BCUT2D eigenvalue weighted by atomic mass is 19.2. The van der Waals surface area contributed by atoms with Crippen LogP contribution in [-0.2, 0) is 9.59 Å². The van der Waals surface area contributed by atoms with E-state index in [-0.39, 0.29) is 30.1 Å². The van der Waals surface area contributed by atoms with Crippen LogP contribution in [0.3, 0.4) is 0 Å². The molecule has 1 amide bonds. The van der Waals surface area contributed by atoms with E-state index in [1.54, 1.807) is 5.32 Å². The molecule has 8 heteroatoms. The second-order valence-electron chi connectivity index (χ2n) is 4.41. The molecule has 0 radical (unpaired) electrons. The van der Waals surface area contributed by atoms with Crippen LogP contribution in [0.2, 0.25) is 0 Å². The van der Waals surface area contributed by atoms with E-state index in [1.807, 2.05) is 0 Å². The van der Waals surface area contributed by atoms with Crippen molar-refractivity contribution in [3.8, 4) is 0 Å². The summed E-state index contributed by atoms with van der Waals surface area (Å²) in [6.45, 7) is 0. The van der Waals surface area contributed by atoms with Gasteiger partial charge in [-0.15, -0.1) is 0 Å². The maximum absolute atomic E-state index is 13.4. The quantitative estimate of drug-likeness (QED) is 0.512. The van der Waals surface area contributed by atoms with Crippen molar-refractivity contribution in [1.82, 2.24) is 0 Å². The first-order chi connectivity index (χ1) is 9.82. The summed E-state index contributed by atoms with van der Waals surface area (Å²) in [5, 5.41) is 10.6. The Morgan fingerprint density at radius 1 is 1.00 bits per heavy atom. The van der Waals surface area contributed by atoms with E-state index in [9.17, 15) is 27.2 Å². The molecule has 1 aromatic carbocycles. The first-order valence-electron chi connectivity index (χ1n) is 5.92. The van der Waals surface area contributed by atoms with Gasteiger partial charge < -0.3 is 10.4 Å². The summed E-state index contributed by atoms with van der Waals surface area (Å²) in [7, 11) is 0. The van der Waals surface area contributed by atoms with E-state index in [4.69, 9.17) is 5.11 Å². The Balaban J connectivity index is 2.35. The predicted molar refractivity (Wildman–Crippen MR) is 63.4 cm³/mol. The fourth-order valence-electron chi connectivity index (χ4n) is 2.10. The summed E-state index contributed by atoms with van der Waals surface area (Å²) in [5.41, 5.74) is -1.44. The maximum Gasteiger partial charge on any atom is 0.332 e. The normalized spacial score (nSPS) is 14.5. The van der Waals surface area contributed by atoms with Gasteiger partial charge in [-0.1, -0.05) is 0 Å². The van der Waals surface area contributed by atoms with Crippen molar-refractivity contribution in [3.63, 3.8) is 0 Å². The molecule has 0 unspecified atom stereocenters. The molecule has 0 spiro atoms. The number of carboxylic acid groups (broad SMARTS) is 1.